The fraction of sp³-hybridized carbons (Fsp3) is 0.294. The lowest BCUT2D eigenvalue weighted by Crippen LogP contribution is -2.08. The second kappa shape index (κ2) is 6.83. The molecule has 0 spiro atoms. The molecule has 0 aromatic heterocycles. The van der Waals surface area contributed by atoms with Crippen LogP contribution in [0.15, 0.2) is 48.5 Å². The van der Waals surface area contributed by atoms with E-state index in [9.17, 15) is 0 Å². The summed E-state index contributed by atoms with van der Waals surface area (Å²) in [5, 5.41) is 3.45. The van der Waals surface area contributed by atoms with Crippen LogP contribution in [0.5, 0.6) is 5.75 Å². The number of hydrogen-bond acceptors (Lipinski definition) is 2. The Kier molecular flexibility index (Phi) is 4.85. The minimum atomic E-state index is 0.738. The van der Waals surface area contributed by atoms with Crippen LogP contribution >= 0.6 is 0 Å². The first-order valence-electron chi connectivity index (χ1n) is 6.75. The number of anilines is 1. The number of nitrogens with one attached hydrogen (secondary N) is 1. The fourth-order valence-corrected chi connectivity index (χ4v) is 2.01. The summed E-state index contributed by atoms with van der Waals surface area (Å²) in [6, 6.07) is 16.4. The highest BCUT2D eigenvalue weighted by molar-refractivity contribution is 5.51. The average Bonchev–Trinajstić information content (AvgIpc) is 2.42. The summed E-state index contributed by atoms with van der Waals surface area (Å²) in [6.07, 6.45) is 0.988. The van der Waals surface area contributed by atoms with Gasteiger partial charge in [-0.15, -0.1) is 0 Å². The van der Waals surface area contributed by atoms with Crippen molar-refractivity contribution in [1.82, 2.24) is 0 Å². The second-order valence-corrected chi connectivity index (χ2v) is 4.76. The van der Waals surface area contributed by atoms with Gasteiger partial charge in [0.25, 0.3) is 0 Å². The van der Waals surface area contributed by atoms with Gasteiger partial charge in [0.15, 0.2) is 0 Å². The van der Waals surface area contributed by atoms with Crippen molar-refractivity contribution in [2.75, 3.05) is 18.5 Å². The largest absolute Gasteiger partial charge is 0.494 e. The molecule has 0 saturated carbocycles. The number of rotatable bonds is 6. The molecule has 0 fully saturated rings. The first kappa shape index (κ1) is 13.5. The maximum absolute atomic E-state index is 5.65. The summed E-state index contributed by atoms with van der Waals surface area (Å²) in [4.78, 5) is 0. The highest BCUT2D eigenvalue weighted by Gasteiger charge is 1.97. The first-order chi connectivity index (χ1) is 9.25. The average molecular weight is 255 g/mol. The Morgan fingerprint density at radius 1 is 1.00 bits per heavy atom. The molecule has 0 amide bonds. The molecule has 0 aliphatic heterocycles. The molecule has 2 rings (SSSR count). The van der Waals surface area contributed by atoms with Gasteiger partial charge in [0.05, 0.1) is 6.61 Å². The Morgan fingerprint density at radius 3 is 2.53 bits per heavy atom. The van der Waals surface area contributed by atoms with Crippen molar-refractivity contribution in [2.45, 2.75) is 20.3 Å². The molecule has 0 atom stereocenters. The predicted octanol–water partition coefficient (Wildman–Crippen LogP) is 4.18. The van der Waals surface area contributed by atoms with Crippen molar-refractivity contribution in [3.8, 4) is 5.75 Å². The van der Waals surface area contributed by atoms with Gasteiger partial charge in [-0.05, 0) is 44.0 Å². The molecule has 2 nitrogen and oxygen atoms in total. The third-order valence-corrected chi connectivity index (χ3v) is 3.03. The van der Waals surface area contributed by atoms with Crippen LogP contribution in [-0.2, 0) is 0 Å². The fourth-order valence-electron chi connectivity index (χ4n) is 2.01. The summed E-state index contributed by atoms with van der Waals surface area (Å²) in [5.74, 6) is 0.939. The standard InChI is InChI=1S/C17H21NO/c1-14-9-10-17(15(2)13-14)18-11-6-12-19-16-7-4-3-5-8-16/h3-5,7-10,13,18H,6,11-12H2,1-2H3. The topological polar surface area (TPSA) is 21.3 Å². The molecule has 19 heavy (non-hydrogen) atoms. The molecular weight excluding hydrogens is 234 g/mol. The molecule has 0 bridgehead atoms. The lowest BCUT2D eigenvalue weighted by molar-refractivity contribution is 0.315. The molecule has 0 heterocycles. The van der Waals surface area contributed by atoms with Gasteiger partial charge in [-0.3, -0.25) is 0 Å². The van der Waals surface area contributed by atoms with Crippen LogP contribution in [0.25, 0.3) is 0 Å². The van der Waals surface area contributed by atoms with Gasteiger partial charge in [0, 0.05) is 12.2 Å². The molecule has 0 unspecified atom stereocenters. The van der Waals surface area contributed by atoms with Gasteiger partial charge in [-0.1, -0.05) is 35.9 Å². The Bertz CT molecular complexity index is 508. The van der Waals surface area contributed by atoms with Gasteiger partial charge < -0.3 is 10.1 Å². The number of ether oxygens (including phenoxy) is 1. The van der Waals surface area contributed by atoms with Crippen molar-refractivity contribution in [2.24, 2.45) is 0 Å². The van der Waals surface area contributed by atoms with E-state index < -0.39 is 0 Å². The second-order valence-electron chi connectivity index (χ2n) is 4.76. The van der Waals surface area contributed by atoms with E-state index in [-0.39, 0.29) is 0 Å². The van der Waals surface area contributed by atoms with E-state index in [0.29, 0.717) is 0 Å². The minimum absolute atomic E-state index is 0.738. The number of benzene rings is 2. The van der Waals surface area contributed by atoms with Crippen molar-refractivity contribution in [1.29, 1.82) is 0 Å². The van der Waals surface area contributed by atoms with Crippen molar-refractivity contribution in [3.05, 3.63) is 59.7 Å². The van der Waals surface area contributed by atoms with E-state index in [1.165, 1.54) is 16.8 Å². The predicted molar refractivity (Wildman–Crippen MR) is 81.0 cm³/mol. The summed E-state index contributed by atoms with van der Waals surface area (Å²) in [6.45, 7) is 5.92. The first-order valence-corrected chi connectivity index (χ1v) is 6.75. The SMILES string of the molecule is Cc1ccc(NCCCOc2ccccc2)c(C)c1. The quantitative estimate of drug-likeness (QED) is 0.782. The molecular formula is C17H21NO. The van der Waals surface area contributed by atoms with E-state index in [1.807, 2.05) is 30.3 Å². The van der Waals surface area contributed by atoms with Crippen molar-refractivity contribution < 1.29 is 4.74 Å². The zero-order valence-corrected chi connectivity index (χ0v) is 11.6. The highest BCUT2D eigenvalue weighted by Crippen LogP contribution is 2.15. The van der Waals surface area contributed by atoms with Crippen LogP contribution in [0.3, 0.4) is 0 Å². The molecule has 2 aromatic rings. The maximum atomic E-state index is 5.65. The van der Waals surface area contributed by atoms with Gasteiger partial charge in [0.1, 0.15) is 5.75 Å². The molecule has 0 radical (unpaired) electrons. The van der Waals surface area contributed by atoms with E-state index in [0.717, 1.165) is 25.3 Å². The van der Waals surface area contributed by atoms with Crippen LogP contribution in [-0.4, -0.2) is 13.2 Å². The number of para-hydroxylation sites is 1. The van der Waals surface area contributed by atoms with Crippen LogP contribution in [0.2, 0.25) is 0 Å². The van der Waals surface area contributed by atoms with E-state index in [1.54, 1.807) is 0 Å². The molecule has 0 aliphatic carbocycles. The third-order valence-electron chi connectivity index (χ3n) is 3.03. The summed E-state index contributed by atoms with van der Waals surface area (Å²) in [5.41, 5.74) is 3.81. The smallest absolute Gasteiger partial charge is 0.119 e. The number of aryl methyl sites for hydroxylation is 2. The van der Waals surface area contributed by atoms with Crippen LogP contribution < -0.4 is 10.1 Å². The Labute approximate surface area is 115 Å². The zero-order valence-electron chi connectivity index (χ0n) is 11.6. The summed E-state index contributed by atoms with van der Waals surface area (Å²) >= 11 is 0. The van der Waals surface area contributed by atoms with Crippen LogP contribution in [0.4, 0.5) is 5.69 Å². The normalized spacial score (nSPS) is 10.2. The Morgan fingerprint density at radius 2 is 1.79 bits per heavy atom. The minimum Gasteiger partial charge on any atom is -0.494 e. The molecule has 1 N–H and O–H groups in total. The van der Waals surface area contributed by atoms with Gasteiger partial charge in [-0.25, -0.2) is 0 Å². The monoisotopic (exact) mass is 255 g/mol. The van der Waals surface area contributed by atoms with Crippen LogP contribution in [0, 0.1) is 13.8 Å². The molecule has 0 aliphatic rings. The molecule has 0 saturated heterocycles. The lowest BCUT2D eigenvalue weighted by Gasteiger charge is -2.10. The highest BCUT2D eigenvalue weighted by atomic mass is 16.5. The molecule has 100 valence electrons. The van der Waals surface area contributed by atoms with Gasteiger partial charge >= 0.3 is 0 Å². The molecule has 2 aromatic carbocycles. The number of hydrogen-bond donors (Lipinski definition) is 1. The van der Waals surface area contributed by atoms with Crippen molar-refractivity contribution >= 4 is 5.69 Å². The maximum Gasteiger partial charge on any atom is 0.119 e. The van der Waals surface area contributed by atoms with E-state index >= 15 is 0 Å². The lowest BCUT2D eigenvalue weighted by atomic mass is 10.1. The Balaban J connectivity index is 1.69. The van der Waals surface area contributed by atoms with Crippen molar-refractivity contribution in [3.63, 3.8) is 0 Å². The van der Waals surface area contributed by atoms with Gasteiger partial charge in [0.2, 0.25) is 0 Å². The van der Waals surface area contributed by atoms with Gasteiger partial charge in [-0.2, -0.15) is 0 Å². The third kappa shape index (κ3) is 4.32. The molecule has 2 heteroatoms. The van der Waals surface area contributed by atoms with E-state index in [2.05, 4.69) is 37.4 Å². The summed E-state index contributed by atoms with van der Waals surface area (Å²) < 4.78 is 5.65. The zero-order chi connectivity index (χ0) is 13.5. The van der Waals surface area contributed by atoms with E-state index in [4.69, 9.17) is 4.74 Å². The summed E-state index contributed by atoms with van der Waals surface area (Å²) in [7, 11) is 0. The Hall–Kier alpha value is -1.96. The van der Waals surface area contributed by atoms with Crippen LogP contribution in [0.1, 0.15) is 17.5 Å².